The fourth-order valence-corrected chi connectivity index (χ4v) is 6.58. The highest BCUT2D eigenvalue weighted by Crippen LogP contribution is 2.52. The lowest BCUT2D eigenvalue weighted by Crippen LogP contribution is -2.46. The van der Waals surface area contributed by atoms with E-state index in [2.05, 4.69) is 39.8 Å². The number of hydrogen-bond acceptors (Lipinski definition) is 6. The third-order valence-electron chi connectivity index (χ3n) is 9.05. The van der Waals surface area contributed by atoms with Crippen molar-refractivity contribution >= 4 is 22.8 Å². The van der Waals surface area contributed by atoms with Gasteiger partial charge in [-0.25, -0.2) is 0 Å². The number of allylic oxidation sites excluding steroid dienone is 1. The topological polar surface area (TPSA) is 64.4 Å². The maximum Gasteiger partial charge on any atom is 0.410 e. The van der Waals surface area contributed by atoms with Crippen LogP contribution in [0.4, 0.5) is 18.9 Å². The van der Waals surface area contributed by atoms with Crippen LogP contribution in [-0.4, -0.2) is 53.5 Å². The van der Waals surface area contributed by atoms with Crippen molar-refractivity contribution in [3.8, 4) is 0 Å². The Hall–Kier alpha value is -3.10. The van der Waals surface area contributed by atoms with Crippen LogP contribution >= 0.6 is 0 Å². The van der Waals surface area contributed by atoms with Crippen LogP contribution in [0.2, 0.25) is 0 Å². The Bertz CT molecular complexity index is 1290. The Balaban J connectivity index is 1.11. The summed E-state index contributed by atoms with van der Waals surface area (Å²) in [7, 11) is 0. The van der Waals surface area contributed by atoms with Gasteiger partial charge in [-0.15, -0.1) is 0 Å². The summed E-state index contributed by atoms with van der Waals surface area (Å²) >= 11 is 0. The molecule has 206 valence electrons. The normalized spacial score (nSPS) is 25.3. The average molecular weight is 537 g/mol. The second-order valence-electron chi connectivity index (χ2n) is 12.1. The first kappa shape index (κ1) is 24.9. The molecule has 2 atom stereocenters. The fourth-order valence-electron chi connectivity index (χ4n) is 6.58. The van der Waals surface area contributed by atoms with Crippen LogP contribution in [0.1, 0.15) is 49.7 Å². The van der Waals surface area contributed by atoms with E-state index in [1.807, 2.05) is 12.1 Å². The second kappa shape index (κ2) is 9.24. The molecule has 3 saturated carbocycles. The predicted molar refractivity (Wildman–Crippen MR) is 147 cm³/mol. The molecule has 0 radical (unpaired) electrons. The van der Waals surface area contributed by atoms with Gasteiger partial charge < -0.3 is 15.5 Å². The number of fused-ring (bicyclic) bond motifs is 1. The van der Waals surface area contributed by atoms with Gasteiger partial charge in [-0.05, 0) is 73.5 Å². The molecule has 7 rings (SSSR count). The zero-order valence-electron chi connectivity index (χ0n) is 22.1. The molecule has 4 fully saturated rings. The van der Waals surface area contributed by atoms with Gasteiger partial charge in [0, 0.05) is 31.1 Å². The average Bonchev–Trinajstić information content (AvgIpc) is 3.84. The highest BCUT2D eigenvalue weighted by molar-refractivity contribution is 6.50. The maximum atomic E-state index is 13.2. The molecule has 0 aromatic heterocycles. The van der Waals surface area contributed by atoms with E-state index in [1.165, 1.54) is 44.1 Å². The number of rotatable bonds is 10. The number of hydrogen-bond donors (Lipinski definition) is 2. The van der Waals surface area contributed by atoms with E-state index in [9.17, 15) is 13.2 Å². The minimum Gasteiger partial charge on any atom is -0.375 e. The number of aliphatic imine (C=N–C) groups is 3. The third kappa shape index (κ3) is 5.00. The van der Waals surface area contributed by atoms with E-state index >= 15 is 0 Å². The van der Waals surface area contributed by atoms with Gasteiger partial charge in [-0.3, -0.25) is 15.0 Å². The molecular formula is C30H35F3N6. The number of halogens is 3. The summed E-state index contributed by atoms with van der Waals surface area (Å²) in [6.07, 6.45) is 3.96. The fraction of sp³-hybridized carbons (Fsp3) is 0.567. The Labute approximate surface area is 227 Å². The smallest absolute Gasteiger partial charge is 0.375 e. The van der Waals surface area contributed by atoms with Crippen LogP contribution in [0.25, 0.3) is 0 Å². The molecule has 1 saturated heterocycles. The molecular weight excluding hydrogens is 501 g/mol. The largest absolute Gasteiger partial charge is 0.410 e. The van der Waals surface area contributed by atoms with Crippen molar-refractivity contribution < 1.29 is 13.2 Å². The number of nitrogens with one attached hydrogen (secondary N) is 2. The van der Waals surface area contributed by atoms with Gasteiger partial charge in [0.1, 0.15) is 18.4 Å². The number of benzene rings is 1. The van der Waals surface area contributed by atoms with Gasteiger partial charge in [0.25, 0.3) is 0 Å². The van der Waals surface area contributed by atoms with Crippen molar-refractivity contribution in [3.05, 3.63) is 54.0 Å². The summed E-state index contributed by atoms with van der Waals surface area (Å²) in [4.78, 5) is 16.2. The summed E-state index contributed by atoms with van der Waals surface area (Å²) in [6.45, 7) is 8.95. The second-order valence-corrected chi connectivity index (χ2v) is 12.1. The van der Waals surface area contributed by atoms with Gasteiger partial charge in [0.15, 0.2) is 0 Å². The molecule has 1 aromatic carbocycles. The van der Waals surface area contributed by atoms with Crippen LogP contribution in [-0.2, 0) is 13.0 Å². The lowest BCUT2D eigenvalue weighted by molar-refractivity contribution is -0.150. The Kier molecular flexibility index (Phi) is 5.90. The summed E-state index contributed by atoms with van der Waals surface area (Å²) in [5.41, 5.74) is 7.10. The molecule has 0 spiro atoms. The standard InChI is InChI=1S/C30H35F3N6/c1-16(27-28(21-9-10-21)35-15-34-27)36-29(26(19-5-6-19)20-7-8-20)24-12-22-4-3-18(11-23(22)38-24)13-39-14-25(30(31,32)33)37-17(39)2/h3-4,11,19-21,25-26,29,36-37H,1-2,5-10,12-15H2/t25?,29-/m1/s1. The van der Waals surface area contributed by atoms with E-state index < -0.39 is 12.2 Å². The van der Waals surface area contributed by atoms with Crippen molar-refractivity contribution in [2.45, 2.75) is 69.8 Å². The Morgan fingerprint density at radius 2 is 1.85 bits per heavy atom. The Morgan fingerprint density at radius 1 is 1.10 bits per heavy atom. The van der Waals surface area contributed by atoms with Crippen molar-refractivity contribution in [3.63, 3.8) is 0 Å². The van der Waals surface area contributed by atoms with Gasteiger partial charge >= 0.3 is 6.18 Å². The first-order chi connectivity index (χ1) is 18.7. The first-order valence-electron chi connectivity index (χ1n) is 14.3. The van der Waals surface area contributed by atoms with Crippen molar-refractivity contribution in [2.75, 3.05) is 13.2 Å². The monoisotopic (exact) mass is 536 g/mol. The van der Waals surface area contributed by atoms with Crippen LogP contribution < -0.4 is 10.6 Å². The molecule has 1 unspecified atom stereocenters. The molecule has 6 aliphatic rings. The molecule has 9 heteroatoms. The van der Waals surface area contributed by atoms with E-state index in [0.717, 1.165) is 52.3 Å². The van der Waals surface area contributed by atoms with Crippen LogP contribution in [0.3, 0.4) is 0 Å². The summed E-state index contributed by atoms with van der Waals surface area (Å²) < 4.78 is 39.6. The summed E-state index contributed by atoms with van der Waals surface area (Å²) in [5, 5.41) is 6.30. The van der Waals surface area contributed by atoms with Gasteiger partial charge in [0.05, 0.1) is 29.0 Å². The number of alkyl halides is 3. The maximum absolute atomic E-state index is 13.2. The lowest BCUT2D eigenvalue weighted by atomic mass is 9.84. The summed E-state index contributed by atoms with van der Waals surface area (Å²) in [5.74, 6) is 2.83. The number of nitrogens with zero attached hydrogens (tertiary/aromatic N) is 4. The van der Waals surface area contributed by atoms with E-state index in [0.29, 0.717) is 30.9 Å². The van der Waals surface area contributed by atoms with E-state index in [4.69, 9.17) is 4.99 Å². The molecule has 0 bridgehead atoms. The van der Waals surface area contributed by atoms with Gasteiger partial charge in [-0.2, -0.15) is 13.2 Å². The highest BCUT2D eigenvalue weighted by Gasteiger charge is 2.48. The molecule has 0 amide bonds. The predicted octanol–water partition coefficient (Wildman–Crippen LogP) is 5.29. The molecule has 3 aliphatic heterocycles. The lowest BCUT2D eigenvalue weighted by Gasteiger charge is -2.30. The Morgan fingerprint density at radius 3 is 2.49 bits per heavy atom. The van der Waals surface area contributed by atoms with Crippen molar-refractivity contribution in [2.24, 2.45) is 38.6 Å². The quantitative estimate of drug-likeness (QED) is 0.427. The van der Waals surface area contributed by atoms with Crippen LogP contribution in [0.15, 0.2) is 57.9 Å². The van der Waals surface area contributed by atoms with E-state index in [1.54, 1.807) is 4.90 Å². The minimum absolute atomic E-state index is 0.104. The molecule has 3 heterocycles. The molecule has 3 aliphatic carbocycles. The molecule has 1 aromatic rings. The van der Waals surface area contributed by atoms with Crippen molar-refractivity contribution in [1.29, 1.82) is 0 Å². The SMILES string of the molecule is C=C(N[C@H](C1=Nc2cc(CN3CC(C(F)(F)F)NC3=C)ccc2C1)C(C1CC1)C1CC1)C1=NCN=C1C1CC1. The minimum atomic E-state index is -4.30. The zero-order valence-corrected chi connectivity index (χ0v) is 22.1. The van der Waals surface area contributed by atoms with Crippen LogP contribution in [0, 0.1) is 23.7 Å². The molecule has 39 heavy (non-hydrogen) atoms. The van der Waals surface area contributed by atoms with Crippen LogP contribution in [0.5, 0.6) is 0 Å². The molecule has 6 nitrogen and oxygen atoms in total. The zero-order chi connectivity index (χ0) is 26.9. The highest BCUT2D eigenvalue weighted by atomic mass is 19.4. The van der Waals surface area contributed by atoms with Gasteiger partial charge in [-0.1, -0.05) is 25.3 Å². The van der Waals surface area contributed by atoms with Gasteiger partial charge in [0.2, 0.25) is 0 Å². The van der Waals surface area contributed by atoms with Crippen molar-refractivity contribution in [1.82, 2.24) is 15.5 Å². The summed E-state index contributed by atoms with van der Waals surface area (Å²) in [6, 6.07) is 4.65. The molecule has 2 N–H and O–H groups in total. The first-order valence-corrected chi connectivity index (χ1v) is 14.3. The van der Waals surface area contributed by atoms with E-state index in [-0.39, 0.29) is 12.6 Å². The third-order valence-corrected chi connectivity index (χ3v) is 9.05.